The SMILES string of the molecule is COc1ccc(S(=O)(=O)N(C)C)cc1NC(=O)C(C)(C)Oc1ccc(Cl)cc1. The highest BCUT2D eigenvalue weighted by atomic mass is 35.5. The number of hydrogen-bond acceptors (Lipinski definition) is 5. The number of carbonyl (C=O) groups is 1. The van der Waals surface area contributed by atoms with Gasteiger partial charge < -0.3 is 14.8 Å². The average molecular weight is 427 g/mol. The van der Waals surface area contributed by atoms with Crippen molar-refractivity contribution < 1.29 is 22.7 Å². The minimum Gasteiger partial charge on any atom is -0.495 e. The predicted molar refractivity (Wildman–Crippen MR) is 109 cm³/mol. The minimum absolute atomic E-state index is 0.0324. The summed E-state index contributed by atoms with van der Waals surface area (Å²) >= 11 is 5.86. The van der Waals surface area contributed by atoms with E-state index in [-0.39, 0.29) is 10.6 Å². The number of sulfonamides is 1. The first kappa shape index (κ1) is 22.0. The molecule has 0 aliphatic heterocycles. The fraction of sp³-hybridized carbons (Fsp3) is 0.316. The molecule has 0 aliphatic carbocycles. The molecule has 28 heavy (non-hydrogen) atoms. The zero-order chi connectivity index (χ0) is 21.1. The van der Waals surface area contributed by atoms with Crippen LogP contribution in [0, 0.1) is 0 Å². The van der Waals surface area contributed by atoms with Gasteiger partial charge in [-0.3, -0.25) is 4.79 Å². The summed E-state index contributed by atoms with van der Waals surface area (Å²) in [4.78, 5) is 12.8. The van der Waals surface area contributed by atoms with E-state index in [1.54, 1.807) is 38.1 Å². The van der Waals surface area contributed by atoms with Crippen LogP contribution in [0.2, 0.25) is 5.02 Å². The first-order chi connectivity index (χ1) is 13.0. The van der Waals surface area contributed by atoms with Crippen LogP contribution >= 0.6 is 11.6 Å². The highest BCUT2D eigenvalue weighted by Crippen LogP contribution is 2.30. The molecule has 0 saturated heterocycles. The standard InChI is InChI=1S/C19H23ClN2O5S/c1-19(2,27-14-8-6-13(20)7-9-14)18(23)21-16-12-15(10-11-17(16)26-5)28(24,25)22(3)4/h6-12H,1-5H3,(H,21,23). The molecule has 0 spiro atoms. The van der Waals surface area contributed by atoms with Crippen LogP contribution < -0.4 is 14.8 Å². The highest BCUT2D eigenvalue weighted by molar-refractivity contribution is 7.89. The van der Waals surface area contributed by atoms with Crippen molar-refractivity contribution in [1.29, 1.82) is 0 Å². The molecule has 2 aromatic carbocycles. The lowest BCUT2D eigenvalue weighted by Gasteiger charge is -2.26. The number of rotatable bonds is 7. The third kappa shape index (κ3) is 4.95. The third-order valence-corrected chi connectivity index (χ3v) is 5.99. The summed E-state index contributed by atoms with van der Waals surface area (Å²) in [6.07, 6.45) is 0. The van der Waals surface area contributed by atoms with Gasteiger partial charge in [0.15, 0.2) is 5.60 Å². The molecule has 0 radical (unpaired) electrons. The number of amides is 1. The molecule has 0 aliphatic rings. The van der Waals surface area contributed by atoms with Gasteiger partial charge in [-0.25, -0.2) is 12.7 Å². The third-order valence-electron chi connectivity index (χ3n) is 3.93. The number of nitrogens with zero attached hydrogens (tertiary/aromatic N) is 1. The Labute approximate surface area is 170 Å². The van der Waals surface area contributed by atoms with E-state index in [2.05, 4.69) is 5.32 Å². The van der Waals surface area contributed by atoms with Gasteiger partial charge >= 0.3 is 0 Å². The minimum atomic E-state index is -3.67. The van der Waals surface area contributed by atoms with Crippen molar-refractivity contribution in [3.05, 3.63) is 47.5 Å². The zero-order valence-electron chi connectivity index (χ0n) is 16.3. The molecule has 0 fully saturated rings. The number of methoxy groups -OCH3 is 1. The van der Waals surface area contributed by atoms with Gasteiger partial charge in [0.25, 0.3) is 5.91 Å². The van der Waals surface area contributed by atoms with E-state index in [9.17, 15) is 13.2 Å². The predicted octanol–water partition coefficient (Wildman–Crippen LogP) is 3.40. The molecular formula is C19H23ClN2O5S. The number of nitrogens with one attached hydrogen (secondary N) is 1. The van der Waals surface area contributed by atoms with E-state index in [4.69, 9.17) is 21.1 Å². The summed E-state index contributed by atoms with van der Waals surface area (Å²) < 4.78 is 36.8. The summed E-state index contributed by atoms with van der Waals surface area (Å²) in [5.74, 6) is 0.328. The Bertz CT molecular complexity index is 957. The van der Waals surface area contributed by atoms with Crippen LogP contribution in [0.1, 0.15) is 13.8 Å². The molecule has 2 aromatic rings. The second-order valence-electron chi connectivity index (χ2n) is 6.67. The maximum Gasteiger partial charge on any atom is 0.268 e. The fourth-order valence-corrected chi connectivity index (χ4v) is 3.33. The van der Waals surface area contributed by atoms with Crippen LogP contribution in [0.15, 0.2) is 47.4 Å². The molecule has 0 heterocycles. The van der Waals surface area contributed by atoms with E-state index in [0.717, 1.165) is 4.31 Å². The van der Waals surface area contributed by atoms with Crippen molar-refractivity contribution in [3.63, 3.8) is 0 Å². The zero-order valence-corrected chi connectivity index (χ0v) is 17.9. The van der Waals surface area contributed by atoms with Crippen molar-refractivity contribution in [1.82, 2.24) is 4.31 Å². The molecule has 0 unspecified atom stereocenters. The normalized spacial score (nSPS) is 12.0. The topological polar surface area (TPSA) is 84.9 Å². The van der Waals surface area contributed by atoms with Gasteiger partial charge in [-0.1, -0.05) is 11.6 Å². The van der Waals surface area contributed by atoms with E-state index in [1.165, 1.54) is 39.4 Å². The number of benzene rings is 2. The molecule has 7 nitrogen and oxygen atoms in total. The van der Waals surface area contributed by atoms with E-state index in [0.29, 0.717) is 16.5 Å². The van der Waals surface area contributed by atoms with Crippen LogP contribution in [0.4, 0.5) is 5.69 Å². The van der Waals surface area contributed by atoms with Crippen LogP contribution in [0.25, 0.3) is 0 Å². The van der Waals surface area contributed by atoms with Crippen LogP contribution in [-0.4, -0.2) is 45.4 Å². The largest absolute Gasteiger partial charge is 0.495 e. The second-order valence-corrected chi connectivity index (χ2v) is 9.26. The quantitative estimate of drug-likeness (QED) is 0.733. The molecule has 0 aromatic heterocycles. The molecule has 1 N–H and O–H groups in total. The fourth-order valence-electron chi connectivity index (χ4n) is 2.27. The van der Waals surface area contributed by atoms with Crippen molar-refractivity contribution in [2.24, 2.45) is 0 Å². The molecule has 152 valence electrons. The van der Waals surface area contributed by atoms with Crippen LogP contribution in [0.5, 0.6) is 11.5 Å². The first-order valence-corrected chi connectivity index (χ1v) is 10.2. The monoisotopic (exact) mass is 426 g/mol. The lowest BCUT2D eigenvalue weighted by molar-refractivity contribution is -0.128. The summed E-state index contributed by atoms with van der Waals surface area (Å²) in [7, 11) is 0.628. The Morgan fingerprint density at radius 1 is 1.11 bits per heavy atom. The van der Waals surface area contributed by atoms with E-state index >= 15 is 0 Å². The highest BCUT2D eigenvalue weighted by Gasteiger charge is 2.31. The van der Waals surface area contributed by atoms with Crippen molar-refractivity contribution in [2.75, 3.05) is 26.5 Å². The second kappa shape index (κ2) is 8.38. The summed E-state index contributed by atoms with van der Waals surface area (Å²) in [6.45, 7) is 3.20. The van der Waals surface area contributed by atoms with E-state index in [1.807, 2.05) is 0 Å². The number of halogens is 1. The van der Waals surface area contributed by atoms with Gasteiger partial charge in [0.2, 0.25) is 10.0 Å². The van der Waals surface area contributed by atoms with Crippen molar-refractivity contribution in [2.45, 2.75) is 24.3 Å². The molecule has 0 saturated carbocycles. The Hall–Kier alpha value is -2.29. The maximum absolute atomic E-state index is 12.8. The number of anilines is 1. The molecule has 0 bridgehead atoms. The summed E-state index contributed by atoms with van der Waals surface area (Å²) in [5.41, 5.74) is -1.02. The lowest BCUT2D eigenvalue weighted by Crippen LogP contribution is -2.42. The lowest BCUT2D eigenvalue weighted by atomic mass is 10.1. The Morgan fingerprint density at radius 3 is 2.25 bits per heavy atom. The number of ether oxygens (including phenoxy) is 2. The molecule has 0 atom stereocenters. The number of carbonyl (C=O) groups excluding carboxylic acids is 1. The first-order valence-electron chi connectivity index (χ1n) is 8.34. The smallest absolute Gasteiger partial charge is 0.268 e. The molecular weight excluding hydrogens is 404 g/mol. The molecule has 2 rings (SSSR count). The molecule has 1 amide bonds. The Morgan fingerprint density at radius 2 is 1.71 bits per heavy atom. The van der Waals surface area contributed by atoms with Gasteiger partial charge in [-0.15, -0.1) is 0 Å². The van der Waals surface area contributed by atoms with Gasteiger partial charge in [0.05, 0.1) is 17.7 Å². The average Bonchev–Trinajstić information content (AvgIpc) is 2.63. The Kier molecular flexibility index (Phi) is 6.59. The van der Waals surface area contributed by atoms with Gasteiger partial charge in [0, 0.05) is 19.1 Å². The summed E-state index contributed by atoms with van der Waals surface area (Å²) in [5, 5.41) is 3.24. The van der Waals surface area contributed by atoms with E-state index < -0.39 is 21.5 Å². The number of hydrogen-bond donors (Lipinski definition) is 1. The summed E-state index contributed by atoms with van der Waals surface area (Å²) in [6, 6.07) is 10.9. The van der Waals surface area contributed by atoms with Crippen LogP contribution in [-0.2, 0) is 14.8 Å². The van der Waals surface area contributed by atoms with Gasteiger partial charge in [0.1, 0.15) is 11.5 Å². The Balaban J connectivity index is 2.29. The van der Waals surface area contributed by atoms with Crippen LogP contribution in [0.3, 0.4) is 0 Å². The molecule has 9 heteroatoms. The van der Waals surface area contributed by atoms with Gasteiger partial charge in [-0.05, 0) is 56.3 Å². The van der Waals surface area contributed by atoms with Gasteiger partial charge in [-0.2, -0.15) is 0 Å². The maximum atomic E-state index is 12.8. The van der Waals surface area contributed by atoms with Crippen molar-refractivity contribution >= 4 is 33.2 Å². The van der Waals surface area contributed by atoms with Crippen molar-refractivity contribution in [3.8, 4) is 11.5 Å².